The summed E-state index contributed by atoms with van der Waals surface area (Å²) in [5.41, 5.74) is 0.365. The zero-order chi connectivity index (χ0) is 14.4. The highest BCUT2D eigenvalue weighted by atomic mass is 32.2. The number of hydrogen-bond acceptors (Lipinski definition) is 4. The summed E-state index contributed by atoms with van der Waals surface area (Å²) in [6.45, 7) is -1.63. The van der Waals surface area contributed by atoms with Crippen molar-refractivity contribution in [1.29, 1.82) is 0 Å². The molecule has 112 valence electrons. The number of alkyl halides is 2. The number of rotatable bonds is 6. The van der Waals surface area contributed by atoms with E-state index in [1.165, 1.54) is 12.1 Å². The second kappa shape index (κ2) is 7.24. The van der Waals surface area contributed by atoms with Crippen molar-refractivity contribution in [3.05, 3.63) is 29.8 Å². The Labute approximate surface area is 121 Å². The van der Waals surface area contributed by atoms with E-state index in [4.69, 9.17) is 0 Å². The van der Waals surface area contributed by atoms with Crippen molar-refractivity contribution in [2.75, 3.05) is 18.1 Å². The van der Waals surface area contributed by atoms with E-state index in [2.05, 4.69) is 10.1 Å². The van der Waals surface area contributed by atoms with Gasteiger partial charge in [-0.2, -0.15) is 20.5 Å². The molecule has 0 spiro atoms. The molecule has 0 amide bonds. The Morgan fingerprint density at radius 2 is 1.90 bits per heavy atom. The van der Waals surface area contributed by atoms with Gasteiger partial charge < -0.3 is 15.2 Å². The van der Waals surface area contributed by atoms with Gasteiger partial charge in [-0.25, -0.2) is 0 Å². The fraction of sp³-hybridized carbons (Fsp3) is 0.571. The van der Waals surface area contributed by atoms with Crippen molar-refractivity contribution in [2.24, 2.45) is 0 Å². The second-order valence-electron chi connectivity index (χ2n) is 4.96. The highest BCUT2D eigenvalue weighted by Gasteiger charge is 2.28. The van der Waals surface area contributed by atoms with Gasteiger partial charge in [-0.05, 0) is 42.0 Å². The van der Waals surface area contributed by atoms with Crippen molar-refractivity contribution in [2.45, 2.75) is 31.6 Å². The molecule has 3 nitrogen and oxygen atoms in total. The second-order valence-corrected chi connectivity index (χ2v) is 6.19. The van der Waals surface area contributed by atoms with Gasteiger partial charge in [-0.15, -0.1) is 0 Å². The van der Waals surface area contributed by atoms with Crippen LogP contribution in [0.4, 0.5) is 8.78 Å². The van der Waals surface area contributed by atoms with Crippen LogP contribution in [-0.4, -0.2) is 35.4 Å². The number of hydrogen-bond donors (Lipinski definition) is 2. The smallest absolute Gasteiger partial charge is 0.387 e. The Hall–Kier alpha value is -0.850. The van der Waals surface area contributed by atoms with E-state index in [1.807, 2.05) is 11.8 Å². The predicted octanol–water partition coefficient (Wildman–Crippen LogP) is 2.64. The molecule has 1 heterocycles. The van der Waals surface area contributed by atoms with Crippen molar-refractivity contribution < 1.29 is 18.6 Å². The maximum absolute atomic E-state index is 12.0. The van der Waals surface area contributed by atoms with Crippen LogP contribution in [0.1, 0.15) is 18.4 Å². The summed E-state index contributed by atoms with van der Waals surface area (Å²) < 4.78 is 28.3. The molecule has 0 aliphatic carbocycles. The van der Waals surface area contributed by atoms with Crippen LogP contribution in [0.15, 0.2) is 24.3 Å². The maximum atomic E-state index is 12.0. The molecule has 6 heteroatoms. The number of nitrogens with one attached hydrogen (secondary N) is 1. The Morgan fingerprint density at radius 1 is 1.25 bits per heavy atom. The molecule has 1 aromatic carbocycles. The molecule has 0 aromatic heterocycles. The van der Waals surface area contributed by atoms with E-state index in [0.717, 1.165) is 29.9 Å². The van der Waals surface area contributed by atoms with Crippen molar-refractivity contribution in [3.8, 4) is 5.75 Å². The van der Waals surface area contributed by atoms with Crippen LogP contribution in [0.3, 0.4) is 0 Å². The first kappa shape index (κ1) is 15.5. The van der Waals surface area contributed by atoms with Gasteiger partial charge in [0.25, 0.3) is 0 Å². The summed E-state index contributed by atoms with van der Waals surface area (Å²) in [5, 5.41) is 13.5. The number of thioether (sulfide) groups is 1. The van der Waals surface area contributed by atoms with Gasteiger partial charge in [0, 0.05) is 13.1 Å². The lowest BCUT2D eigenvalue weighted by Gasteiger charge is -2.32. The first-order valence-corrected chi connectivity index (χ1v) is 7.77. The Kier molecular flexibility index (Phi) is 5.63. The standard InChI is InChI=1S/C14H19F2NO2S/c15-13(16)19-12-3-1-11(2-4-12)9-17-10-14(18)5-7-20-8-6-14/h1-4,13,17-18H,5-10H2. The van der Waals surface area contributed by atoms with E-state index in [0.29, 0.717) is 13.1 Å². The van der Waals surface area contributed by atoms with Crippen molar-refractivity contribution in [1.82, 2.24) is 5.32 Å². The molecule has 2 N–H and O–H groups in total. The molecule has 0 radical (unpaired) electrons. The highest BCUT2D eigenvalue weighted by Crippen LogP contribution is 2.26. The molecule has 1 aliphatic rings. The lowest BCUT2D eigenvalue weighted by molar-refractivity contribution is -0.0498. The Morgan fingerprint density at radius 3 is 2.50 bits per heavy atom. The Bertz CT molecular complexity index is 408. The summed E-state index contributed by atoms with van der Waals surface area (Å²) in [5.74, 6) is 2.15. The summed E-state index contributed by atoms with van der Waals surface area (Å²) in [6.07, 6.45) is 1.62. The van der Waals surface area contributed by atoms with Crippen LogP contribution >= 0.6 is 11.8 Å². The number of aliphatic hydroxyl groups is 1. The summed E-state index contributed by atoms with van der Waals surface area (Å²) in [6, 6.07) is 6.53. The van der Waals surface area contributed by atoms with Gasteiger partial charge in [0.1, 0.15) is 5.75 Å². The van der Waals surface area contributed by atoms with Crippen LogP contribution in [0.5, 0.6) is 5.75 Å². The molecule has 1 saturated heterocycles. The van der Waals surface area contributed by atoms with E-state index in [9.17, 15) is 13.9 Å². The molecule has 1 fully saturated rings. The van der Waals surface area contributed by atoms with Gasteiger partial charge in [-0.3, -0.25) is 0 Å². The molecule has 0 unspecified atom stereocenters. The minimum Gasteiger partial charge on any atom is -0.435 e. The molecule has 20 heavy (non-hydrogen) atoms. The van der Waals surface area contributed by atoms with E-state index < -0.39 is 12.2 Å². The fourth-order valence-electron chi connectivity index (χ4n) is 2.16. The molecule has 0 atom stereocenters. The lowest BCUT2D eigenvalue weighted by atomic mass is 9.97. The average Bonchev–Trinajstić information content (AvgIpc) is 2.41. The first-order chi connectivity index (χ1) is 9.57. The van der Waals surface area contributed by atoms with Crippen LogP contribution < -0.4 is 10.1 Å². The molecular weight excluding hydrogens is 284 g/mol. The minimum absolute atomic E-state index is 0.159. The van der Waals surface area contributed by atoms with Crippen LogP contribution in [0.2, 0.25) is 0 Å². The summed E-state index contributed by atoms with van der Waals surface area (Å²) in [7, 11) is 0. The zero-order valence-corrected chi connectivity index (χ0v) is 12.0. The number of benzene rings is 1. The monoisotopic (exact) mass is 303 g/mol. The largest absolute Gasteiger partial charge is 0.435 e. The molecule has 2 rings (SSSR count). The van der Waals surface area contributed by atoms with E-state index in [1.54, 1.807) is 12.1 Å². The Balaban J connectivity index is 1.76. The average molecular weight is 303 g/mol. The quantitative estimate of drug-likeness (QED) is 0.848. The molecular formula is C14H19F2NO2S. The normalized spacial score (nSPS) is 18.2. The van der Waals surface area contributed by atoms with Gasteiger partial charge in [0.05, 0.1) is 5.60 Å². The van der Waals surface area contributed by atoms with E-state index >= 15 is 0 Å². The highest BCUT2D eigenvalue weighted by molar-refractivity contribution is 7.99. The summed E-state index contributed by atoms with van der Waals surface area (Å²) in [4.78, 5) is 0. The van der Waals surface area contributed by atoms with Gasteiger partial charge in [0.2, 0.25) is 0 Å². The number of halogens is 2. The number of ether oxygens (including phenoxy) is 1. The fourth-order valence-corrected chi connectivity index (χ4v) is 3.41. The SMILES string of the molecule is OC1(CNCc2ccc(OC(F)F)cc2)CCSCC1. The zero-order valence-electron chi connectivity index (χ0n) is 11.1. The van der Waals surface area contributed by atoms with E-state index in [-0.39, 0.29) is 5.75 Å². The molecule has 0 bridgehead atoms. The lowest BCUT2D eigenvalue weighted by Crippen LogP contribution is -2.43. The van der Waals surface area contributed by atoms with Gasteiger partial charge >= 0.3 is 6.61 Å². The topological polar surface area (TPSA) is 41.5 Å². The third-order valence-electron chi connectivity index (χ3n) is 3.36. The maximum Gasteiger partial charge on any atom is 0.387 e. The minimum atomic E-state index is -2.79. The molecule has 1 aromatic rings. The van der Waals surface area contributed by atoms with Crippen LogP contribution in [0.25, 0.3) is 0 Å². The predicted molar refractivity (Wildman–Crippen MR) is 76.3 cm³/mol. The third kappa shape index (κ3) is 4.92. The van der Waals surface area contributed by atoms with Crippen molar-refractivity contribution >= 4 is 11.8 Å². The van der Waals surface area contributed by atoms with Crippen LogP contribution in [0, 0.1) is 0 Å². The van der Waals surface area contributed by atoms with Gasteiger partial charge in [0.15, 0.2) is 0 Å². The van der Waals surface area contributed by atoms with Gasteiger partial charge in [-0.1, -0.05) is 12.1 Å². The summed E-state index contributed by atoms with van der Waals surface area (Å²) >= 11 is 1.87. The first-order valence-electron chi connectivity index (χ1n) is 6.62. The molecule has 0 saturated carbocycles. The third-order valence-corrected chi connectivity index (χ3v) is 4.34. The molecule has 1 aliphatic heterocycles. The van der Waals surface area contributed by atoms with Crippen LogP contribution in [-0.2, 0) is 6.54 Å². The van der Waals surface area contributed by atoms with Crippen molar-refractivity contribution in [3.63, 3.8) is 0 Å².